The number of morpholine rings is 1. The minimum Gasteiger partial charge on any atom is -0.371 e. The average molecular weight is 400 g/mol. The van der Waals surface area contributed by atoms with Crippen LogP contribution in [0.25, 0.3) is 5.69 Å². The predicted octanol–water partition coefficient (Wildman–Crippen LogP) is 2.91. The number of rotatable bonds is 4. The van der Waals surface area contributed by atoms with Crippen LogP contribution < -0.4 is 10.6 Å². The van der Waals surface area contributed by atoms with Gasteiger partial charge in [0.05, 0.1) is 24.1 Å². The van der Waals surface area contributed by atoms with Crippen LogP contribution in [-0.2, 0) is 4.74 Å². The molecule has 1 aromatic heterocycles. The molecule has 2 heterocycles. The predicted molar refractivity (Wildman–Crippen MR) is 109 cm³/mol. The van der Waals surface area contributed by atoms with Crippen LogP contribution in [0.4, 0.5) is 5.69 Å². The van der Waals surface area contributed by atoms with Crippen LogP contribution in [0.5, 0.6) is 0 Å². The number of halogens is 1. The molecule has 0 spiro atoms. The molecule has 1 saturated heterocycles. The fraction of sp³-hybridized carbons (Fsp3) is 0.250. The van der Waals surface area contributed by atoms with Crippen molar-refractivity contribution in [3.63, 3.8) is 0 Å². The van der Waals surface area contributed by atoms with Crippen molar-refractivity contribution in [3.8, 4) is 5.69 Å². The summed E-state index contributed by atoms with van der Waals surface area (Å²) in [6.45, 7) is 4.17. The molecule has 1 aliphatic heterocycles. The highest BCUT2D eigenvalue weighted by Crippen LogP contribution is 2.21. The van der Waals surface area contributed by atoms with E-state index in [0.717, 1.165) is 24.3 Å². The van der Waals surface area contributed by atoms with E-state index in [1.165, 1.54) is 4.80 Å². The van der Waals surface area contributed by atoms with Crippen molar-refractivity contribution in [2.24, 2.45) is 0 Å². The molecule has 146 valence electrons. The zero-order chi connectivity index (χ0) is 18.6. The molecule has 1 fully saturated rings. The van der Waals surface area contributed by atoms with Gasteiger partial charge in [0.2, 0.25) is 0 Å². The Labute approximate surface area is 169 Å². The Morgan fingerprint density at radius 1 is 1.14 bits per heavy atom. The van der Waals surface area contributed by atoms with Gasteiger partial charge in [0, 0.05) is 18.8 Å². The highest BCUT2D eigenvalue weighted by molar-refractivity contribution is 6.03. The van der Waals surface area contributed by atoms with Gasteiger partial charge in [-0.1, -0.05) is 30.3 Å². The van der Waals surface area contributed by atoms with Crippen molar-refractivity contribution in [1.82, 2.24) is 20.3 Å². The molecule has 2 N–H and O–H groups in total. The number of aryl methyl sites for hydroxylation is 1. The fourth-order valence-corrected chi connectivity index (χ4v) is 3.02. The molecule has 0 saturated carbocycles. The van der Waals surface area contributed by atoms with E-state index in [-0.39, 0.29) is 24.4 Å². The van der Waals surface area contributed by atoms with Crippen LogP contribution in [0.1, 0.15) is 27.8 Å². The third-order valence-corrected chi connectivity index (χ3v) is 4.45. The van der Waals surface area contributed by atoms with Crippen LogP contribution in [0.3, 0.4) is 0 Å². The number of hydrogen-bond acceptors (Lipinski definition) is 5. The zero-order valence-electron chi connectivity index (χ0n) is 15.5. The zero-order valence-corrected chi connectivity index (χ0v) is 16.3. The van der Waals surface area contributed by atoms with Gasteiger partial charge in [-0.25, -0.2) is 0 Å². The molecule has 1 aliphatic rings. The Morgan fingerprint density at radius 3 is 2.57 bits per heavy atom. The Bertz CT molecular complexity index is 922. The molecule has 0 aliphatic carbocycles. The summed E-state index contributed by atoms with van der Waals surface area (Å²) >= 11 is 0. The lowest BCUT2D eigenvalue weighted by atomic mass is 10.1. The van der Waals surface area contributed by atoms with Crippen molar-refractivity contribution in [1.29, 1.82) is 0 Å². The highest BCUT2D eigenvalue weighted by Gasteiger charge is 2.18. The second kappa shape index (κ2) is 8.97. The van der Waals surface area contributed by atoms with Gasteiger partial charge in [0.1, 0.15) is 0 Å². The Kier molecular flexibility index (Phi) is 6.41. The molecule has 7 nitrogen and oxygen atoms in total. The molecular weight excluding hydrogens is 378 g/mol. The van der Waals surface area contributed by atoms with Crippen LogP contribution in [0.2, 0.25) is 0 Å². The quantitative estimate of drug-likeness (QED) is 0.705. The fourth-order valence-electron chi connectivity index (χ4n) is 3.02. The first-order valence-corrected chi connectivity index (χ1v) is 8.94. The summed E-state index contributed by atoms with van der Waals surface area (Å²) in [5.74, 6) is -0.280. The van der Waals surface area contributed by atoms with E-state index in [1.807, 2.05) is 54.6 Å². The molecule has 1 amide bonds. The average Bonchev–Trinajstić information content (AvgIpc) is 3.12. The maximum Gasteiger partial charge on any atom is 0.278 e. The number of carbonyl (C=O) groups excluding carboxylic acids is 1. The smallest absolute Gasteiger partial charge is 0.278 e. The van der Waals surface area contributed by atoms with Gasteiger partial charge in [-0.15, -0.1) is 17.5 Å². The lowest BCUT2D eigenvalue weighted by Crippen LogP contribution is -2.33. The lowest BCUT2D eigenvalue weighted by Gasteiger charge is -2.24. The van der Waals surface area contributed by atoms with Crippen LogP contribution in [0.15, 0.2) is 54.6 Å². The van der Waals surface area contributed by atoms with Crippen LogP contribution in [-0.4, -0.2) is 40.6 Å². The number of amides is 1. The van der Waals surface area contributed by atoms with E-state index in [4.69, 9.17) is 4.74 Å². The van der Waals surface area contributed by atoms with Crippen LogP contribution >= 0.6 is 12.4 Å². The minimum absolute atomic E-state index is 0. The maximum atomic E-state index is 12.6. The molecule has 3 aromatic rings. The van der Waals surface area contributed by atoms with E-state index >= 15 is 0 Å². The number of para-hydroxylation sites is 1. The second-order valence-electron chi connectivity index (χ2n) is 6.40. The number of nitrogens with zero attached hydrogens (tertiary/aromatic N) is 3. The molecule has 0 radical (unpaired) electrons. The van der Waals surface area contributed by atoms with Crippen molar-refractivity contribution >= 4 is 24.0 Å². The molecule has 28 heavy (non-hydrogen) atoms. The van der Waals surface area contributed by atoms with Gasteiger partial charge < -0.3 is 15.4 Å². The van der Waals surface area contributed by atoms with E-state index in [9.17, 15) is 4.79 Å². The van der Waals surface area contributed by atoms with Gasteiger partial charge in [-0.3, -0.25) is 4.79 Å². The monoisotopic (exact) mass is 399 g/mol. The molecule has 8 heteroatoms. The Morgan fingerprint density at radius 2 is 1.89 bits per heavy atom. The second-order valence-corrected chi connectivity index (χ2v) is 6.40. The molecule has 1 atom stereocenters. The number of hydrogen-bond donors (Lipinski definition) is 2. The summed E-state index contributed by atoms with van der Waals surface area (Å²) in [7, 11) is 0. The topological polar surface area (TPSA) is 81.1 Å². The van der Waals surface area contributed by atoms with Crippen molar-refractivity contribution in [2.45, 2.75) is 13.0 Å². The van der Waals surface area contributed by atoms with E-state index < -0.39 is 0 Å². The summed E-state index contributed by atoms with van der Waals surface area (Å²) in [6.07, 6.45) is 0.0523. The first-order chi connectivity index (χ1) is 13.2. The van der Waals surface area contributed by atoms with Gasteiger partial charge in [0.15, 0.2) is 5.69 Å². The molecular formula is C20H22ClN5O2. The minimum atomic E-state index is -0.280. The Balaban J connectivity index is 0.00000225. The molecule has 4 rings (SSSR count). The lowest BCUT2D eigenvalue weighted by molar-refractivity contribution is 0.0277. The normalized spacial score (nSPS) is 16.2. The third kappa shape index (κ3) is 4.39. The number of nitrogens with one attached hydrogen (secondary N) is 2. The standard InChI is InChI=1S/C20H21N5O2.ClH/c1-14-19(24-25(23-14)17-5-3-2-4-6-17)20(26)22-16-9-7-15(8-10-16)18-13-21-11-12-27-18;/h2-10,18,21H,11-13H2,1H3,(H,22,26);1H/t18-;/m0./s1. The number of ether oxygens (including phenoxy) is 1. The number of benzene rings is 2. The molecule has 0 unspecified atom stereocenters. The summed E-state index contributed by atoms with van der Waals surface area (Å²) < 4.78 is 5.74. The summed E-state index contributed by atoms with van der Waals surface area (Å²) in [4.78, 5) is 14.1. The molecule has 2 aromatic carbocycles. The van der Waals surface area contributed by atoms with Gasteiger partial charge >= 0.3 is 0 Å². The highest BCUT2D eigenvalue weighted by atomic mass is 35.5. The third-order valence-electron chi connectivity index (χ3n) is 4.45. The number of carbonyl (C=O) groups is 1. The SMILES string of the molecule is Cc1nn(-c2ccccc2)nc1C(=O)Nc1ccc([C@@H]2CNCCO2)cc1.Cl. The van der Waals surface area contributed by atoms with Crippen molar-refractivity contribution in [3.05, 3.63) is 71.5 Å². The summed E-state index contributed by atoms with van der Waals surface area (Å²) in [5, 5.41) is 14.9. The van der Waals surface area contributed by atoms with E-state index in [0.29, 0.717) is 23.7 Å². The van der Waals surface area contributed by atoms with E-state index in [1.54, 1.807) is 6.92 Å². The van der Waals surface area contributed by atoms with E-state index in [2.05, 4.69) is 20.8 Å². The summed E-state index contributed by atoms with van der Waals surface area (Å²) in [6, 6.07) is 17.2. The van der Waals surface area contributed by atoms with Crippen molar-refractivity contribution in [2.75, 3.05) is 25.0 Å². The maximum absolute atomic E-state index is 12.6. The largest absolute Gasteiger partial charge is 0.371 e. The number of anilines is 1. The van der Waals surface area contributed by atoms with Crippen LogP contribution in [0, 0.1) is 6.92 Å². The van der Waals surface area contributed by atoms with Gasteiger partial charge in [-0.2, -0.15) is 9.90 Å². The van der Waals surface area contributed by atoms with Gasteiger partial charge in [-0.05, 0) is 36.8 Å². The summed E-state index contributed by atoms with van der Waals surface area (Å²) in [5.41, 5.74) is 3.50. The molecule has 0 bridgehead atoms. The first kappa shape index (κ1) is 20.0. The van der Waals surface area contributed by atoms with Gasteiger partial charge in [0.25, 0.3) is 5.91 Å². The van der Waals surface area contributed by atoms with Crippen molar-refractivity contribution < 1.29 is 9.53 Å². The number of aromatic nitrogens is 3. The Hall–Kier alpha value is -2.74. The first-order valence-electron chi connectivity index (χ1n) is 8.94.